The van der Waals surface area contributed by atoms with Crippen molar-refractivity contribution in [2.45, 2.75) is 25.3 Å². The largest absolute Gasteiger partial charge is 0.384 e. The lowest BCUT2D eigenvalue weighted by Gasteiger charge is -2.33. The average Bonchev–Trinajstić information content (AvgIpc) is 2.41. The van der Waals surface area contributed by atoms with Crippen LogP contribution in [0, 0.1) is 5.92 Å². The molecule has 0 spiro atoms. The first-order chi connectivity index (χ1) is 6.74. The summed E-state index contributed by atoms with van der Waals surface area (Å²) >= 11 is 0. The number of anilines is 1. The number of hydrazine groups is 1. The molecule has 1 aliphatic rings. The Morgan fingerprint density at radius 2 is 2.36 bits per heavy atom. The number of nitrogens with one attached hydrogen (secondary N) is 1. The molecule has 1 unspecified atom stereocenters. The zero-order chi connectivity index (χ0) is 10.1. The number of nitrogens with two attached hydrogens (primary N) is 2. The standard InChI is InChI=1S/C9H17N5/c1-14-9(10)7(5-12-14)8(13-11)6-3-2-4-6/h5-6,8,13H,2-4,10-11H2,1H3. The van der Waals surface area contributed by atoms with Crippen LogP contribution in [0.3, 0.4) is 0 Å². The molecule has 5 N–H and O–H groups in total. The van der Waals surface area contributed by atoms with Crippen molar-refractivity contribution in [1.29, 1.82) is 0 Å². The van der Waals surface area contributed by atoms with Gasteiger partial charge in [-0.2, -0.15) is 5.10 Å². The number of nitrogen functional groups attached to an aromatic ring is 1. The number of hydrogen-bond acceptors (Lipinski definition) is 4. The lowest BCUT2D eigenvalue weighted by molar-refractivity contribution is 0.232. The highest BCUT2D eigenvalue weighted by molar-refractivity contribution is 5.41. The van der Waals surface area contributed by atoms with Gasteiger partial charge in [0, 0.05) is 12.6 Å². The van der Waals surface area contributed by atoms with E-state index in [2.05, 4.69) is 10.5 Å². The summed E-state index contributed by atoms with van der Waals surface area (Å²) in [6.45, 7) is 0. The van der Waals surface area contributed by atoms with Gasteiger partial charge in [-0.1, -0.05) is 6.42 Å². The van der Waals surface area contributed by atoms with Crippen LogP contribution in [0.25, 0.3) is 0 Å². The van der Waals surface area contributed by atoms with Gasteiger partial charge in [-0.25, -0.2) is 0 Å². The minimum Gasteiger partial charge on any atom is -0.384 e. The third kappa shape index (κ3) is 1.38. The molecule has 1 aliphatic carbocycles. The first kappa shape index (κ1) is 9.48. The number of hydrogen-bond donors (Lipinski definition) is 3. The van der Waals surface area contributed by atoms with Crippen LogP contribution >= 0.6 is 0 Å². The summed E-state index contributed by atoms with van der Waals surface area (Å²) in [4.78, 5) is 0. The molecule has 1 heterocycles. The van der Waals surface area contributed by atoms with Crippen molar-refractivity contribution in [3.05, 3.63) is 11.8 Å². The van der Waals surface area contributed by atoms with E-state index in [0.717, 1.165) is 5.56 Å². The van der Waals surface area contributed by atoms with E-state index in [-0.39, 0.29) is 6.04 Å². The quantitative estimate of drug-likeness (QED) is 0.479. The molecule has 1 fully saturated rings. The van der Waals surface area contributed by atoms with Crippen molar-refractivity contribution in [3.63, 3.8) is 0 Å². The molecule has 0 aromatic carbocycles. The van der Waals surface area contributed by atoms with E-state index in [9.17, 15) is 0 Å². The molecule has 1 atom stereocenters. The van der Waals surface area contributed by atoms with Gasteiger partial charge >= 0.3 is 0 Å². The smallest absolute Gasteiger partial charge is 0.126 e. The van der Waals surface area contributed by atoms with Gasteiger partial charge in [0.15, 0.2) is 0 Å². The maximum atomic E-state index is 5.90. The van der Waals surface area contributed by atoms with Crippen LogP contribution in [0.1, 0.15) is 30.9 Å². The van der Waals surface area contributed by atoms with E-state index in [1.807, 2.05) is 7.05 Å². The Kier molecular flexibility index (Phi) is 2.43. The fraction of sp³-hybridized carbons (Fsp3) is 0.667. The number of aryl methyl sites for hydroxylation is 1. The Morgan fingerprint density at radius 3 is 2.71 bits per heavy atom. The molecule has 0 amide bonds. The third-order valence-corrected chi connectivity index (χ3v) is 3.15. The molecule has 1 aromatic heterocycles. The second-order valence-electron chi connectivity index (χ2n) is 3.94. The average molecular weight is 195 g/mol. The summed E-state index contributed by atoms with van der Waals surface area (Å²) in [5.41, 5.74) is 9.77. The van der Waals surface area contributed by atoms with Crippen molar-refractivity contribution >= 4 is 5.82 Å². The molecule has 0 bridgehead atoms. The third-order valence-electron chi connectivity index (χ3n) is 3.15. The molecule has 1 saturated carbocycles. The van der Waals surface area contributed by atoms with Crippen molar-refractivity contribution in [2.75, 3.05) is 5.73 Å². The molecule has 14 heavy (non-hydrogen) atoms. The highest BCUT2D eigenvalue weighted by Gasteiger charge is 2.30. The SMILES string of the molecule is Cn1ncc(C(NN)C2CCC2)c1N. The number of rotatable bonds is 3. The molecule has 1 aromatic rings. The normalized spacial score (nSPS) is 19.3. The van der Waals surface area contributed by atoms with Gasteiger partial charge in [0.25, 0.3) is 0 Å². The van der Waals surface area contributed by atoms with Crippen LogP contribution in [-0.4, -0.2) is 9.78 Å². The molecule has 78 valence electrons. The molecule has 0 saturated heterocycles. The number of aromatic nitrogens is 2. The van der Waals surface area contributed by atoms with Gasteiger partial charge in [0.2, 0.25) is 0 Å². The van der Waals surface area contributed by atoms with Gasteiger partial charge in [0.1, 0.15) is 5.82 Å². The second kappa shape index (κ2) is 3.59. The lowest BCUT2D eigenvalue weighted by Crippen LogP contribution is -2.36. The Morgan fingerprint density at radius 1 is 1.64 bits per heavy atom. The molecule has 0 aliphatic heterocycles. The van der Waals surface area contributed by atoms with E-state index in [1.165, 1.54) is 19.3 Å². The Labute approximate surface area is 83.4 Å². The first-order valence-corrected chi connectivity index (χ1v) is 4.97. The summed E-state index contributed by atoms with van der Waals surface area (Å²) in [5.74, 6) is 6.88. The predicted octanol–water partition coefficient (Wildman–Crippen LogP) is 0.307. The minimum atomic E-state index is 0.164. The van der Waals surface area contributed by atoms with Crippen molar-refractivity contribution in [1.82, 2.24) is 15.2 Å². The topological polar surface area (TPSA) is 81.9 Å². The predicted molar refractivity (Wildman–Crippen MR) is 55.0 cm³/mol. The Balaban J connectivity index is 2.22. The van der Waals surface area contributed by atoms with Crippen LogP contribution in [0.2, 0.25) is 0 Å². The molecule has 0 radical (unpaired) electrons. The Hall–Kier alpha value is -1.07. The molecule has 5 nitrogen and oxygen atoms in total. The number of nitrogens with zero attached hydrogens (tertiary/aromatic N) is 2. The van der Waals surface area contributed by atoms with E-state index in [1.54, 1.807) is 10.9 Å². The molecule has 2 rings (SSSR count). The Bertz CT molecular complexity index is 315. The molecular weight excluding hydrogens is 178 g/mol. The summed E-state index contributed by atoms with van der Waals surface area (Å²) in [7, 11) is 1.84. The van der Waals surface area contributed by atoms with Crippen molar-refractivity contribution in [2.24, 2.45) is 18.8 Å². The van der Waals surface area contributed by atoms with Crippen LogP contribution in [0.4, 0.5) is 5.82 Å². The minimum absolute atomic E-state index is 0.164. The zero-order valence-corrected chi connectivity index (χ0v) is 8.40. The maximum absolute atomic E-state index is 5.90. The fourth-order valence-corrected chi connectivity index (χ4v) is 1.96. The highest BCUT2D eigenvalue weighted by atomic mass is 15.3. The van der Waals surface area contributed by atoms with Gasteiger partial charge in [-0.15, -0.1) is 0 Å². The zero-order valence-electron chi connectivity index (χ0n) is 8.40. The lowest BCUT2D eigenvalue weighted by atomic mass is 9.78. The summed E-state index contributed by atoms with van der Waals surface area (Å²) in [6.07, 6.45) is 5.55. The van der Waals surface area contributed by atoms with Crippen LogP contribution in [0.15, 0.2) is 6.20 Å². The van der Waals surface area contributed by atoms with Crippen LogP contribution in [0.5, 0.6) is 0 Å². The fourth-order valence-electron chi connectivity index (χ4n) is 1.96. The highest BCUT2D eigenvalue weighted by Crippen LogP contribution is 2.38. The maximum Gasteiger partial charge on any atom is 0.126 e. The van der Waals surface area contributed by atoms with Crippen LogP contribution < -0.4 is 17.0 Å². The van der Waals surface area contributed by atoms with E-state index in [0.29, 0.717) is 11.7 Å². The summed E-state index contributed by atoms with van der Waals surface area (Å²) < 4.78 is 1.68. The van der Waals surface area contributed by atoms with Gasteiger partial charge < -0.3 is 5.73 Å². The van der Waals surface area contributed by atoms with Gasteiger partial charge in [0.05, 0.1) is 12.2 Å². The van der Waals surface area contributed by atoms with Crippen molar-refractivity contribution in [3.8, 4) is 0 Å². The van der Waals surface area contributed by atoms with Gasteiger partial charge in [-0.3, -0.25) is 16.0 Å². The molecule has 5 heteroatoms. The van der Waals surface area contributed by atoms with E-state index >= 15 is 0 Å². The summed E-state index contributed by atoms with van der Waals surface area (Å²) in [6, 6.07) is 0.164. The van der Waals surface area contributed by atoms with E-state index < -0.39 is 0 Å². The monoisotopic (exact) mass is 195 g/mol. The van der Waals surface area contributed by atoms with E-state index in [4.69, 9.17) is 11.6 Å². The second-order valence-corrected chi connectivity index (χ2v) is 3.94. The first-order valence-electron chi connectivity index (χ1n) is 4.97. The summed E-state index contributed by atoms with van der Waals surface area (Å²) in [5, 5.41) is 4.12. The molecular formula is C9H17N5. The van der Waals surface area contributed by atoms with Crippen molar-refractivity contribution < 1.29 is 0 Å². The van der Waals surface area contributed by atoms with Crippen LogP contribution in [-0.2, 0) is 7.05 Å². The van der Waals surface area contributed by atoms with Gasteiger partial charge in [-0.05, 0) is 18.8 Å².